The maximum absolute atomic E-state index is 11.4. The molecule has 0 fully saturated rings. The summed E-state index contributed by atoms with van der Waals surface area (Å²) in [6, 6.07) is 5.10. The van der Waals surface area contributed by atoms with E-state index in [0.717, 1.165) is 5.56 Å². The lowest BCUT2D eigenvalue weighted by Crippen LogP contribution is -2.11. The summed E-state index contributed by atoms with van der Waals surface area (Å²) in [5, 5.41) is 13.2. The van der Waals surface area contributed by atoms with Gasteiger partial charge in [-0.2, -0.15) is 5.10 Å². The molecule has 2 aromatic rings. The molecule has 1 N–H and O–H groups in total. The van der Waals surface area contributed by atoms with E-state index >= 15 is 0 Å². The number of esters is 1. The summed E-state index contributed by atoms with van der Waals surface area (Å²) in [5.74, 6) is -0.535. The highest BCUT2D eigenvalue weighted by molar-refractivity contribution is 5.88. The van der Waals surface area contributed by atoms with E-state index in [4.69, 9.17) is 5.11 Å². The van der Waals surface area contributed by atoms with Crippen LogP contribution in [0, 0.1) is 0 Å². The van der Waals surface area contributed by atoms with Crippen LogP contribution in [0.2, 0.25) is 0 Å². The molecule has 0 aliphatic rings. The van der Waals surface area contributed by atoms with Crippen LogP contribution in [0.4, 0.5) is 0 Å². The topological polar surface area (TPSA) is 77.2 Å². The number of nitrogens with zero attached hydrogens (tertiary/aromatic N) is 3. The molecule has 0 spiro atoms. The van der Waals surface area contributed by atoms with Gasteiger partial charge in [0.05, 0.1) is 12.8 Å². The van der Waals surface area contributed by atoms with Gasteiger partial charge < -0.3 is 9.84 Å². The van der Waals surface area contributed by atoms with Gasteiger partial charge in [-0.1, -0.05) is 0 Å². The summed E-state index contributed by atoms with van der Waals surface area (Å²) in [6.07, 6.45) is 3.26. The number of ether oxygens (including phenoxy) is 1. The van der Waals surface area contributed by atoms with Gasteiger partial charge in [-0.05, 0) is 18.2 Å². The first-order valence-corrected chi connectivity index (χ1v) is 4.93. The molecule has 0 radical (unpaired) electrons. The third kappa shape index (κ3) is 2.16. The molecule has 2 heterocycles. The largest absolute Gasteiger partial charge is 0.464 e. The molecule has 0 aromatic carbocycles. The maximum Gasteiger partial charge on any atom is 0.356 e. The average Bonchev–Trinajstić information content (AvgIpc) is 2.83. The lowest BCUT2D eigenvalue weighted by molar-refractivity contribution is 0.0573. The van der Waals surface area contributed by atoms with Crippen LogP contribution in [0.25, 0.3) is 11.3 Å². The number of aliphatic hydroxyl groups is 1. The number of hydrogen-bond donors (Lipinski definition) is 1. The van der Waals surface area contributed by atoms with E-state index in [2.05, 4.69) is 14.8 Å². The van der Waals surface area contributed by atoms with Crippen LogP contribution in [0.15, 0.2) is 30.6 Å². The van der Waals surface area contributed by atoms with Gasteiger partial charge >= 0.3 is 5.97 Å². The minimum Gasteiger partial charge on any atom is -0.464 e. The van der Waals surface area contributed by atoms with Crippen molar-refractivity contribution >= 4 is 5.97 Å². The van der Waals surface area contributed by atoms with Crippen molar-refractivity contribution in [2.24, 2.45) is 0 Å². The van der Waals surface area contributed by atoms with E-state index in [1.807, 2.05) is 0 Å². The van der Waals surface area contributed by atoms with Crippen molar-refractivity contribution in [1.29, 1.82) is 0 Å². The second-order valence-corrected chi connectivity index (χ2v) is 3.28. The van der Waals surface area contributed by atoms with Crippen LogP contribution in [-0.2, 0) is 11.5 Å². The predicted octanol–water partition coefficient (Wildman–Crippen LogP) is 0.681. The molecule has 0 unspecified atom stereocenters. The smallest absolute Gasteiger partial charge is 0.356 e. The molecule has 6 nitrogen and oxygen atoms in total. The average molecular weight is 233 g/mol. The summed E-state index contributed by atoms with van der Waals surface area (Å²) in [7, 11) is 1.28. The zero-order chi connectivity index (χ0) is 12.3. The van der Waals surface area contributed by atoms with Gasteiger partial charge in [-0.15, -0.1) is 0 Å². The van der Waals surface area contributed by atoms with Gasteiger partial charge in [0.25, 0.3) is 0 Å². The van der Waals surface area contributed by atoms with E-state index < -0.39 is 5.97 Å². The molecule has 0 aliphatic carbocycles. The van der Waals surface area contributed by atoms with Crippen molar-refractivity contribution in [3.05, 3.63) is 36.3 Å². The van der Waals surface area contributed by atoms with Crippen molar-refractivity contribution in [1.82, 2.24) is 14.8 Å². The number of carbonyl (C=O) groups excluding carboxylic acids is 1. The molecule has 2 aromatic heterocycles. The molecular weight excluding hydrogens is 222 g/mol. The Balaban J connectivity index is 2.45. The first-order chi connectivity index (χ1) is 8.26. The number of aromatic nitrogens is 3. The normalized spacial score (nSPS) is 10.2. The Morgan fingerprint density at radius 2 is 2.18 bits per heavy atom. The summed E-state index contributed by atoms with van der Waals surface area (Å²) >= 11 is 0. The molecule has 2 rings (SSSR count). The van der Waals surface area contributed by atoms with Crippen molar-refractivity contribution in [2.45, 2.75) is 6.73 Å². The van der Waals surface area contributed by atoms with E-state index in [0.29, 0.717) is 5.69 Å². The number of methoxy groups -OCH3 is 1. The van der Waals surface area contributed by atoms with Gasteiger partial charge in [0.1, 0.15) is 12.4 Å². The molecule has 0 atom stereocenters. The number of carbonyl (C=O) groups is 1. The lowest BCUT2D eigenvalue weighted by atomic mass is 10.2. The fraction of sp³-hybridized carbons (Fsp3) is 0.182. The summed E-state index contributed by atoms with van der Waals surface area (Å²) < 4.78 is 5.79. The van der Waals surface area contributed by atoms with Crippen LogP contribution in [0.5, 0.6) is 0 Å². The zero-order valence-corrected chi connectivity index (χ0v) is 9.20. The minimum absolute atomic E-state index is 0.210. The van der Waals surface area contributed by atoms with Crippen LogP contribution < -0.4 is 0 Å². The Bertz CT molecular complexity index is 522. The highest BCUT2D eigenvalue weighted by atomic mass is 16.5. The van der Waals surface area contributed by atoms with Crippen LogP contribution in [0.3, 0.4) is 0 Å². The van der Waals surface area contributed by atoms with Crippen molar-refractivity contribution in [3.8, 4) is 11.3 Å². The maximum atomic E-state index is 11.4. The fourth-order valence-corrected chi connectivity index (χ4v) is 1.46. The SMILES string of the molecule is COC(=O)c1cc(-c2ccncc2)nn1CO. The second-order valence-electron chi connectivity index (χ2n) is 3.28. The van der Waals surface area contributed by atoms with E-state index in [-0.39, 0.29) is 12.4 Å². The summed E-state index contributed by atoms with van der Waals surface area (Å²) in [5.41, 5.74) is 1.61. The van der Waals surface area contributed by atoms with E-state index in [1.54, 1.807) is 30.6 Å². The Morgan fingerprint density at radius 1 is 1.47 bits per heavy atom. The predicted molar refractivity (Wildman–Crippen MR) is 59.0 cm³/mol. The molecule has 88 valence electrons. The first kappa shape index (κ1) is 11.3. The molecule has 0 amide bonds. The lowest BCUT2D eigenvalue weighted by Gasteiger charge is -2.00. The Hall–Kier alpha value is -2.21. The molecular formula is C11H11N3O3. The highest BCUT2D eigenvalue weighted by Gasteiger charge is 2.15. The Morgan fingerprint density at radius 3 is 2.76 bits per heavy atom. The van der Waals surface area contributed by atoms with Gasteiger partial charge in [0.2, 0.25) is 0 Å². The zero-order valence-electron chi connectivity index (χ0n) is 9.20. The van der Waals surface area contributed by atoms with Gasteiger partial charge in [-0.3, -0.25) is 4.98 Å². The molecule has 17 heavy (non-hydrogen) atoms. The highest BCUT2D eigenvalue weighted by Crippen LogP contribution is 2.18. The van der Waals surface area contributed by atoms with E-state index in [9.17, 15) is 4.79 Å². The van der Waals surface area contributed by atoms with Crippen LogP contribution >= 0.6 is 0 Å². The number of aliphatic hydroxyl groups excluding tert-OH is 1. The summed E-state index contributed by atoms with van der Waals surface area (Å²) in [6.45, 7) is -0.379. The molecule has 0 saturated carbocycles. The van der Waals surface area contributed by atoms with Gasteiger partial charge in [0, 0.05) is 18.0 Å². The Kier molecular flexibility index (Phi) is 3.15. The molecule has 6 heteroatoms. The Labute approximate surface area is 97.5 Å². The fourth-order valence-electron chi connectivity index (χ4n) is 1.46. The van der Waals surface area contributed by atoms with Crippen molar-refractivity contribution in [3.63, 3.8) is 0 Å². The van der Waals surface area contributed by atoms with Gasteiger partial charge in [0.15, 0.2) is 0 Å². The van der Waals surface area contributed by atoms with E-state index in [1.165, 1.54) is 11.8 Å². The third-order valence-electron chi connectivity index (χ3n) is 2.28. The third-order valence-corrected chi connectivity index (χ3v) is 2.28. The van der Waals surface area contributed by atoms with Crippen molar-refractivity contribution < 1.29 is 14.6 Å². The quantitative estimate of drug-likeness (QED) is 0.789. The van der Waals surface area contributed by atoms with Crippen LogP contribution in [-0.4, -0.2) is 33.0 Å². The van der Waals surface area contributed by atoms with Gasteiger partial charge in [-0.25, -0.2) is 9.48 Å². The minimum atomic E-state index is -0.535. The first-order valence-electron chi connectivity index (χ1n) is 4.93. The monoisotopic (exact) mass is 233 g/mol. The number of pyridine rings is 1. The second kappa shape index (κ2) is 4.75. The van der Waals surface area contributed by atoms with Crippen molar-refractivity contribution in [2.75, 3.05) is 7.11 Å². The molecule has 0 aliphatic heterocycles. The summed E-state index contributed by atoms with van der Waals surface area (Å²) in [4.78, 5) is 15.3. The standard InChI is InChI=1S/C11H11N3O3/c1-17-11(16)10-6-9(13-14(10)7-15)8-2-4-12-5-3-8/h2-6,15H,7H2,1H3. The van der Waals surface area contributed by atoms with Crippen LogP contribution in [0.1, 0.15) is 10.5 Å². The number of rotatable bonds is 3. The molecule has 0 saturated heterocycles. The molecule has 0 bridgehead atoms. The number of hydrogen-bond acceptors (Lipinski definition) is 5.